The van der Waals surface area contributed by atoms with Crippen LogP contribution in [-0.4, -0.2) is 11.8 Å². The number of hydrogen-bond acceptors (Lipinski definition) is 3. The zero-order valence-electron chi connectivity index (χ0n) is 9.45. The maximum Gasteiger partial charge on any atom is 0.230 e. The lowest BCUT2D eigenvalue weighted by Gasteiger charge is -2.29. The van der Waals surface area contributed by atoms with Crippen molar-refractivity contribution in [2.75, 3.05) is 0 Å². The van der Waals surface area contributed by atoms with E-state index in [1.165, 1.54) is 10.4 Å². The Hall–Kier alpha value is -1.16. The van der Waals surface area contributed by atoms with Crippen molar-refractivity contribution in [2.24, 2.45) is 5.92 Å². The lowest BCUT2D eigenvalue weighted by molar-refractivity contribution is -0.137. The maximum atomic E-state index is 11.7. The molecule has 1 aliphatic rings. The van der Waals surface area contributed by atoms with Gasteiger partial charge in [-0.3, -0.25) is 14.9 Å². The molecule has 2 heterocycles. The van der Waals surface area contributed by atoms with Crippen molar-refractivity contribution in [3.05, 3.63) is 21.9 Å². The van der Waals surface area contributed by atoms with Gasteiger partial charge in [-0.25, -0.2) is 0 Å². The Kier molecular flexibility index (Phi) is 3.10. The van der Waals surface area contributed by atoms with E-state index in [1.807, 2.05) is 25.3 Å². The predicted molar refractivity (Wildman–Crippen MR) is 63.3 cm³/mol. The molecule has 1 aromatic heterocycles. The number of imide groups is 1. The molecule has 0 saturated carbocycles. The molecule has 3 nitrogen and oxygen atoms in total. The Bertz CT molecular complexity index is 424. The van der Waals surface area contributed by atoms with E-state index in [2.05, 4.69) is 5.32 Å². The van der Waals surface area contributed by atoms with Crippen molar-refractivity contribution >= 4 is 23.2 Å². The van der Waals surface area contributed by atoms with Gasteiger partial charge in [0.15, 0.2) is 0 Å². The van der Waals surface area contributed by atoms with E-state index in [1.54, 1.807) is 11.3 Å². The van der Waals surface area contributed by atoms with Crippen molar-refractivity contribution in [1.82, 2.24) is 5.32 Å². The van der Waals surface area contributed by atoms with Crippen LogP contribution >= 0.6 is 11.3 Å². The monoisotopic (exact) mass is 237 g/mol. The zero-order valence-corrected chi connectivity index (χ0v) is 10.3. The molecule has 2 rings (SSSR count). The van der Waals surface area contributed by atoms with Crippen molar-refractivity contribution in [3.63, 3.8) is 0 Å². The summed E-state index contributed by atoms with van der Waals surface area (Å²) in [6.45, 7) is 4.03. The zero-order chi connectivity index (χ0) is 11.7. The molecule has 0 radical (unpaired) electrons. The second-order valence-electron chi connectivity index (χ2n) is 4.21. The number of aryl methyl sites for hydroxylation is 1. The van der Waals surface area contributed by atoms with Gasteiger partial charge < -0.3 is 0 Å². The largest absolute Gasteiger partial charge is 0.296 e. The van der Waals surface area contributed by atoms with Crippen LogP contribution in [0.15, 0.2) is 11.4 Å². The van der Waals surface area contributed by atoms with Gasteiger partial charge in [-0.1, -0.05) is 6.92 Å². The summed E-state index contributed by atoms with van der Waals surface area (Å²) in [5, 5.41) is 4.44. The first-order valence-electron chi connectivity index (χ1n) is 5.51. The quantitative estimate of drug-likeness (QED) is 0.802. The molecule has 2 unspecified atom stereocenters. The SMILES string of the molecule is CCC1C(=O)NC(=O)CC1c1sccc1C. The predicted octanol–water partition coefficient (Wildman–Crippen LogP) is 2.21. The second kappa shape index (κ2) is 4.37. The number of carbonyl (C=O) groups is 2. The number of carbonyl (C=O) groups excluding carboxylic acids is 2. The van der Waals surface area contributed by atoms with Crippen LogP contribution in [0.4, 0.5) is 0 Å². The van der Waals surface area contributed by atoms with Gasteiger partial charge in [-0.15, -0.1) is 11.3 Å². The van der Waals surface area contributed by atoms with Crippen LogP contribution in [0.1, 0.15) is 36.1 Å². The molecular weight excluding hydrogens is 222 g/mol. The number of piperidine rings is 1. The van der Waals surface area contributed by atoms with Crippen LogP contribution in [0.5, 0.6) is 0 Å². The first-order chi connectivity index (χ1) is 7.63. The molecular formula is C12H15NO2S. The Labute approximate surface area is 98.9 Å². The Morgan fingerprint density at radius 1 is 1.50 bits per heavy atom. The summed E-state index contributed by atoms with van der Waals surface area (Å²) in [4.78, 5) is 24.3. The molecule has 0 aromatic carbocycles. The number of nitrogens with one attached hydrogen (secondary N) is 1. The fourth-order valence-electron chi connectivity index (χ4n) is 2.32. The van der Waals surface area contributed by atoms with Crippen LogP contribution in [0, 0.1) is 12.8 Å². The lowest BCUT2D eigenvalue weighted by Crippen LogP contribution is -2.44. The molecule has 86 valence electrons. The van der Waals surface area contributed by atoms with E-state index in [4.69, 9.17) is 0 Å². The van der Waals surface area contributed by atoms with Gasteiger partial charge in [-0.05, 0) is 30.4 Å². The summed E-state index contributed by atoms with van der Waals surface area (Å²) in [5.74, 6) is -0.245. The standard InChI is InChI=1S/C12H15NO2S/c1-3-8-9(6-10(14)13-12(8)15)11-7(2)4-5-16-11/h4-5,8-9H,3,6H2,1-2H3,(H,13,14,15). The number of rotatable bonds is 2. The average molecular weight is 237 g/mol. The molecule has 1 saturated heterocycles. The van der Waals surface area contributed by atoms with E-state index in [9.17, 15) is 9.59 Å². The van der Waals surface area contributed by atoms with Gasteiger partial charge in [0.2, 0.25) is 11.8 Å². The fourth-order valence-corrected chi connectivity index (χ4v) is 3.41. The number of hydrogen-bond donors (Lipinski definition) is 1. The van der Waals surface area contributed by atoms with E-state index in [0.29, 0.717) is 6.42 Å². The van der Waals surface area contributed by atoms with Gasteiger partial charge in [0.1, 0.15) is 0 Å². The van der Waals surface area contributed by atoms with Gasteiger partial charge in [0.25, 0.3) is 0 Å². The minimum Gasteiger partial charge on any atom is -0.296 e. The number of amides is 2. The van der Waals surface area contributed by atoms with Crippen LogP contribution < -0.4 is 5.32 Å². The third kappa shape index (κ3) is 1.89. The molecule has 0 aliphatic carbocycles. The van der Waals surface area contributed by atoms with Gasteiger partial charge in [0.05, 0.1) is 0 Å². The van der Waals surface area contributed by atoms with Crippen molar-refractivity contribution < 1.29 is 9.59 Å². The van der Waals surface area contributed by atoms with Gasteiger partial charge in [0, 0.05) is 23.1 Å². The smallest absolute Gasteiger partial charge is 0.230 e. The first-order valence-corrected chi connectivity index (χ1v) is 6.39. The third-order valence-electron chi connectivity index (χ3n) is 3.17. The third-order valence-corrected chi connectivity index (χ3v) is 4.32. The van der Waals surface area contributed by atoms with E-state index in [0.717, 1.165) is 6.42 Å². The van der Waals surface area contributed by atoms with Crippen molar-refractivity contribution in [3.8, 4) is 0 Å². The van der Waals surface area contributed by atoms with E-state index < -0.39 is 0 Å². The summed E-state index contributed by atoms with van der Waals surface area (Å²) < 4.78 is 0. The molecule has 4 heteroatoms. The van der Waals surface area contributed by atoms with E-state index >= 15 is 0 Å². The second-order valence-corrected chi connectivity index (χ2v) is 5.15. The summed E-state index contributed by atoms with van der Waals surface area (Å²) in [6, 6.07) is 2.05. The average Bonchev–Trinajstić information content (AvgIpc) is 2.63. The lowest BCUT2D eigenvalue weighted by atomic mass is 9.81. The van der Waals surface area contributed by atoms with E-state index in [-0.39, 0.29) is 23.7 Å². The molecule has 0 bridgehead atoms. The normalized spacial score (nSPS) is 25.6. The minimum atomic E-state index is -0.146. The molecule has 16 heavy (non-hydrogen) atoms. The summed E-state index contributed by atoms with van der Waals surface area (Å²) in [6.07, 6.45) is 1.21. The van der Waals surface area contributed by atoms with Crippen LogP contribution in [-0.2, 0) is 9.59 Å². The highest BCUT2D eigenvalue weighted by Gasteiger charge is 2.36. The molecule has 2 atom stereocenters. The highest BCUT2D eigenvalue weighted by atomic mass is 32.1. The van der Waals surface area contributed by atoms with Crippen molar-refractivity contribution in [2.45, 2.75) is 32.6 Å². The Morgan fingerprint density at radius 3 is 2.81 bits per heavy atom. The first kappa shape index (κ1) is 11.3. The van der Waals surface area contributed by atoms with Crippen molar-refractivity contribution in [1.29, 1.82) is 0 Å². The highest BCUT2D eigenvalue weighted by molar-refractivity contribution is 7.10. The summed E-state index contributed by atoms with van der Waals surface area (Å²) in [7, 11) is 0. The topological polar surface area (TPSA) is 46.2 Å². The van der Waals surface area contributed by atoms with Crippen LogP contribution in [0.3, 0.4) is 0 Å². The minimum absolute atomic E-state index is 0.0601. The van der Waals surface area contributed by atoms with Crippen LogP contribution in [0.25, 0.3) is 0 Å². The maximum absolute atomic E-state index is 11.7. The number of thiophene rings is 1. The summed E-state index contributed by atoms with van der Waals surface area (Å²) >= 11 is 1.65. The molecule has 0 spiro atoms. The fraction of sp³-hybridized carbons (Fsp3) is 0.500. The Morgan fingerprint density at radius 2 is 2.25 bits per heavy atom. The molecule has 1 N–H and O–H groups in total. The Balaban J connectivity index is 2.33. The molecule has 1 fully saturated rings. The summed E-state index contributed by atoms with van der Waals surface area (Å²) in [5.41, 5.74) is 1.19. The molecule has 1 aromatic rings. The van der Waals surface area contributed by atoms with Crippen LogP contribution in [0.2, 0.25) is 0 Å². The van der Waals surface area contributed by atoms with Gasteiger partial charge in [-0.2, -0.15) is 0 Å². The molecule has 1 aliphatic heterocycles. The molecule has 2 amide bonds. The highest BCUT2D eigenvalue weighted by Crippen LogP contribution is 2.37. The van der Waals surface area contributed by atoms with Gasteiger partial charge >= 0.3 is 0 Å².